The molecule has 3 rings (SSSR count). The van der Waals surface area contributed by atoms with E-state index < -0.39 is 0 Å². The van der Waals surface area contributed by atoms with E-state index in [-0.39, 0.29) is 23.8 Å². The van der Waals surface area contributed by atoms with Gasteiger partial charge in [-0.1, -0.05) is 6.07 Å². The summed E-state index contributed by atoms with van der Waals surface area (Å²) in [6.07, 6.45) is 1.95. The van der Waals surface area contributed by atoms with Crippen molar-refractivity contribution in [3.63, 3.8) is 0 Å². The van der Waals surface area contributed by atoms with Crippen LogP contribution in [0.5, 0.6) is 0 Å². The maximum Gasteiger partial charge on any atom is 0.319 e. The van der Waals surface area contributed by atoms with Crippen LogP contribution in [0.2, 0.25) is 0 Å². The number of ketones is 1. The Hall–Kier alpha value is -1.62. The number of rotatable bonds is 3. The van der Waals surface area contributed by atoms with Gasteiger partial charge in [-0.25, -0.2) is 4.79 Å². The molecule has 1 atom stereocenters. The average Bonchev–Trinajstić information content (AvgIpc) is 3.03. The molecule has 1 saturated carbocycles. The third-order valence-corrected chi connectivity index (χ3v) is 4.25. The fraction of sp³-hybridized carbons (Fsp3) is 0.385. The normalized spacial score (nSPS) is 23.6. The number of carbonyl (C=O) groups excluding carboxylic acids is 2. The average molecular weight is 262 g/mol. The first-order chi connectivity index (χ1) is 8.66. The van der Waals surface area contributed by atoms with Gasteiger partial charge in [-0.15, -0.1) is 11.3 Å². The number of hydrogen-bond donors (Lipinski definition) is 2. The number of urea groups is 1. The number of thiophene rings is 1. The van der Waals surface area contributed by atoms with Crippen molar-refractivity contribution >= 4 is 23.2 Å². The predicted octanol–water partition coefficient (Wildman–Crippen LogP) is 2.36. The fourth-order valence-electron chi connectivity index (χ4n) is 2.25. The van der Waals surface area contributed by atoms with Crippen molar-refractivity contribution < 1.29 is 9.59 Å². The van der Waals surface area contributed by atoms with E-state index in [4.69, 9.17) is 0 Å². The van der Waals surface area contributed by atoms with Crippen LogP contribution >= 0.6 is 11.3 Å². The molecule has 0 radical (unpaired) electrons. The largest absolute Gasteiger partial charge is 0.326 e. The van der Waals surface area contributed by atoms with Gasteiger partial charge >= 0.3 is 6.03 Å². The molecule has 0 aromatic carbocycles. The molecular weight excluding hydrogens is 248 g/mol. The second-order valence-corrected chi connectivity index (χ2v) is 5.70. The van der Waals surface area contributed by atoms with Crippen LogP contribution < -0.4 is 10.6 Å². The molecule has 1 unspecified atom stereocenters. The zero-order valence-corrected chi connectivity index (χ0v) is 10.8. The summed E-state index contributed by atoms with van der Waals surface area (Å²) in [6.45, 7) is 1.80. The van der Waals surface area contributed by atoms with Gasteiger partial charge in [0.1, 0.15) is 0 Å². The second kappa shape index (κ2) is 4.24. The molecule has 2 amide bonds. The first-order valence-electron chi connectivity index (χ1n) is 6.02. The minimum absolute atomic E-state index is 0.161. The lowest BCUT2D eigenvalue weighted by atomic mass is 9.95. The van der Waals surface area contributed by atoms with Crippen molar-refractivity contribution in [2.75, 3.05) is 0 Å². The van der Waals surface area contributed by atoms with Crippen LogP contribution in [0.3, 0.4) is 0 Å². The van der Waals surface area contributed by atoms with Crippen LogP contribution in [0.4, 0.5) is 4.79 Å². The highest BCUT2D eigenvalue weighted by atomic mass is 32.1. The Morgan fingerprint density at radius 1 is 1.44 bits per heavy atom. The number of carbonyl (C=O) groups is 2. The topological polar surface area (TPSA) is 58.2 Å². The van der Waals surface area contributed by atoms with Crippen LogP contribution in [-0.2, 0) is 4.79 Å². The van der Waals surface area contributed by atoms with Crippen molar-refractivity contribution in [2.45, 2.75) is 25.8 Å². The Bertz CT molecular complexity index is 529. The monoisotopic (exact) mass is 262 g/mol. The molecule has 1 aliphatic carbocycles. The van der Waals surface area contributed by atoms with Crippen molar-refractivity contribution in [3.05, 3.63) is 33.7 Å². The van der Waals surface area contributed by atoms with Gasteiger partial charge in [-0.05, 0) is 31.2 Å². The quantitative estimate of drug-likeness (QED) is 0.878. The van der Waals surface area contributed by atoms with Gasteiger partial charge in [-0.2, -0.15) is 0 Å². The summed E-state index contributed by atoms with van der Waals surface area (Å²) in [5, 5.41) is 7.50. The first-order valence-corrected chi connectivity index (χ1v) is 6.90. The molecule has 2 aliphatic rings. The van der Waals surface area contributed by atoms with Gasteiger partial charge in [0.15, 0.2) is 5.78 Å². The van der Waals surface area contributed by atoms with E-state index in [1.165, 1.54) is 0 Å². The van der Waals surface area contributed by atoms with Crippen LogP contribution in [0.25, 0.3) is 0 Å². The molecule has 5 heteroatoms. The van der Waals surface area contributed by atoms with E-state index in [0.29, 0.717) is 5.70 Å². The van der Waals surface area contributed by atoms with Gasteiger partial charge in [-0.3, -0.25) is 4.79 Å². The summed E-state index contributed by atoms with van der Waals surface area (Å²) in [7, 11) is 0. The summed E-state index contributed by atoms with van der Waals surface area (Å²) >= 11 is 1.56. The van der Waals surface area contributed by atoms with E-state index in [9.17, 15) is 9.59 Å². The fourth-order valence-corrected chi connectivity index (χ4v) is 3.04. The van der Waals surface area contributed by atoms with E-state index in [1.807, 2.05) is 17.5 Å². The summed E-state index contributed by atoms with van der Waals surface area (Å²) in [5.41, 5.74) is 1.41. The third-order valence-electron chi connectivity index (χ3n) is 3.31. The molecule has 2 N–H and O–H groups in total. The standard InChI is InChI=1S/C13H14N2O2S/c1-7-10(12(16)8-4-5-8)11(15-13(17)14-7)9-3-2-6-18-9/h2-3,6,8,11H,4-5H2,1H3,(H2,14,15,17). The Labute approximate surface area is 109 Å². The molecule has 4 nitrogen and oxygen atoms in total. The highest BCUT2D eigenvalue weighted by Crippen LogP contribution is 2.38. The van der Waals surface area contributed by atoms with Gasteiger partial charge in [0.25, 0.3) is 0 Å². The second-order valence-electron chi connectivity index (χ2n) is 4.72. The third kappa shape index (κ3) is 1.95. The van der Waals surface area contributed by atoms with Gasteiger partial charge < -0.3 is 10.6 Å². The van der Waals surface area contributed by atoms with Crippen LogP contribution in [0, 0.1) is 5.92 Å². The molecule has 94 valence electrons. The van der Waals surface area contributed by atoms with Crippen molar-refractivity contribution in [2.24, 2.45) is 5.92 Å². The van der Waals surface area contributed by atoms with E-state index in [2.05, 4.69) is 10.6 Å². The number of nitrogens with one attached hydrogen (secondary N) is 2. The first kappa shape index (κ1) is 11.5. The zero-order chi connectivity index (χ0) is 12.7. The van der Waals surface area contributed by atoms with Crippen molar-refractivity contribution in [1.82, 2.24) is 10.6 Å². The number of hydrogen-bond acceptors (Lipinski definition) is 3. The lowest BCUT2D eigenvalue weighted by Gasteiger charge is -2.27. The molecule has 2 heterocycles. The zero-order valence-electron chi connectivity index (χ0n) is 10.0. The molecule has 1 fully saturated rings. The lowest BCUT2D eigenvalue weighted by Crippen LogP contribution is -2.45. The van der Waals surface area contributed by atoms with Gasteiger partial charge in [0.2, 0.25) is 0 Å². The summed E-state index contributed by atoms with van der Waals surface area (Å²) in [6, 6.07) is 3.36. The molecular formula is C13H14N2O2S. The summed E-state index contributed by atoms with van der Waals surface area (Å²) < 4.78 is 0. The maximum absolute atomic E-state index is 12.3. The number of allylic oxidation sites excluding steroid dienone is 1. The molecule has 1 aliphatic heterocycles. The predicted molar refractivity (Wildman–Crippen MR) is 69.2 cm³/mol. The Kier molecular flexibility index (Phi) is 2.70. The van der Waals surface area contributed by atoms with E-state index >= 15 is 0 Å². The Morgan fingerprint density at radius 3 is 2.83 bits per heavy atom. The lowest BCUT2D eigenvalue weighted by molar-refractivity contribution is -0.117. The smallest absolute Gasteiger partial charge is 0.319 e. The highest BCUT2D eigenvalue weighted by molar-refractivity contribution is 7.10. The summed E-state index contributed by atoms with van der Waals surface area (Å²) in [5.74, 6) is 0.340. The van der Waals surface area contributed by atoms with Crippen molar-refractivity contribution in [1.29, 1.82) is 0 Å². The number of Topliss-reactive ketones (excluding diaryl/α,β-unsaturated/α-hetero) is 1. The Balaban J connectivity index is 2.01. The highest BCUT2D eigenvalue weighted by Gasteiger charge is 2.39. The minimum Gasteiger partial charge on any atom is -0.326 e. The molecule has 0 spiro atoms. The molecule has 0 bridgehead atoms. The minimum atomic E-state index is -0.285. The van der Waals surface area contributed by atoms with Crippen LogP contribution in [-0.4, -0.2) is 11.8 Å². The number of amides is 2. The Morgan fingerprint density at radius 2 is 2.22 bits per heavy atom. The molecule has 18 heavy (non-hydrogen) atoms. The van der Waals surface area contributed by atoms with E-state index in [1.54, 1.807) is 18.3 Å². The van der Waals surface area contributed by atoms with Gasteiger partial charge in [0, 0.05) is 22.1 Å². The SMILES string of the molecule is CC1=C(C(=O)C2CC2)C(c2cccs2)NC(=O)N1. The molecule has 1 aromatic rings. The molecule has 0 saturated heterocycles. The van der Waals surface area contributed by atoms with Gasteiger partial charge in [0.05, 0.1) is 6.04 Å². The molecule has 1 aromatic heterocycles. The van der Waals surface area contributed by atoms with Crippen molar-refractivity contribution in [3.8, 4) is 0 Å². The van der Waals surface area contributed by atoms with E-state index in [0.717, 1.165) is 23.3 Å². The van der Waals surface area contributed by atoms with Crippen LogP contribution in [0.1, 0.15) is 30.7 Å². The van der Waals surface area contributed by atoms with Crippen LogP contribution in [0.15, 0.2) is 28.8 Å². The maximum atomic E-state index is 12.3. The summed E-state index contributed by atoms with van der Waals surface area (Å²) in [4.78, 5) is 24.9.